The molecule has 3 aromatic carbocycles. The zero-order chi connectivity index (χ0) is 17.8. The quantitative estimate of drug-likeness (QED) is 0.733. The van der Waals surface area contributed by atoms with E-state index in [0.717, 1.165) is 38.3 Å². The van der Waals surface area contributed by atoms with Gasteiger partial charge in [0.1, 0.15) is 5.75 Å². The van der Waals surface area contributed by atoms with Crippen LogP contribution < -0.4 is 0 Å². The van der Waals surface area contributed by atoms with Crippen LogP contribution in [0.5, 0.6) is 5.75 Å². The van der Waals surface area contributed by atoms with Crippen LogP contribution in [0.3, 0.4) is 0 Å². The number of fused-ring (bicyclic) bond motifs is 1. The van der Waals surface area contributed by atoms with E-state index in [0.29, 0.717) is 0 Å². The van der Waals surface area contributed by atoms with Gasteiger partial charge >= 0.3 is 0 Å². The highest BCUT2D eigenvalue weighted by molar-refractivity contribution is 5.85. The van der Waals surface area contributed by atoms with E-state index in [1.165, 1.54) is 16.3 Å². The normalized spacial score (nSPS) is 15.8. The van der Waals surface area contributed by atoms with Crippen LogP contribution in [0.1, 0.15) is 11.1 Å². The highest BCUT2D eigenvalue weighted by Gasteiger charge is 2.16. The van der Waals surface area contributed by atoms with Gasteiger partial charge in [-0.15, -0.1) is 0 Å². The third kappa shape index (κ3) is 3.86. The van der Waals surface area contributed by atoms with Crippen molar-refractivity contribution in [2.75, 3.05) is 26.2 Å². The van der Waals surface area contributed by atoms with E-state index in [1.54, 1.807) is 12.1 Å². The maximum absolute atomic E-state index is 9.52. The van der Waals surface area contributed by atoms with E-state index in [-0.39, 0.29) is 5.75 Å². The molecule has 0 aromatic heterocycles. The van der Waals surface area contributed by atoms with E-state index in [1.807, 2.05) is 18.3 Å². The maximum Gasteiger partial charge on any atom is 0.116 e. The predicted molar refractivity (Wildman–Crippen MR) is 106 cm³/mol. The summed E-state index contributed by atoms with van der Waals surface area (Å²) in [7, 11) is 0. The minimum Gasteiger partial charge on any atom is -0.508 e. The van der Waals surface area contributed by atoms with Gasteiger partial charge < -0.3 is 5.11 Å². The average molecular weight is 345 g/mol. The van der Waals surface area contributed by atoms with Gasteiger partial charge in [0, 0.05) is 32.7 Å². The van der Waals surface area contributed by atoms with Crippen molar-refractivity contribution < 1.29 is 5.11 Å². The number of nitrogens with zero attached hydrogens (tertiary/aromatic N) is 3. The molecule has 0 aliphatic carbocycles. The van der Waals surface area contributed by atoms with E-state index in [2.05, 4.69) is 57.5 Å². The second-order valence-corrected chi connectivity index (χ2v) is 6.71. The van der Waals surface area contributed by atoms with Crippen LogP contribution in [-0.4, -0.2) is 47.4 Å². The van der Waals surface area contributed by atoms with Gasteiger partial charge in [-0.1, -0.05) is 54.6 Å². The zero-order valence-corrected chi connectivity index (χ0v) is 14.8. The number of benzene rings is 3. The number of phenolic OH excluding ortho intramolecular Hbond substituents is 1. The smallest absolute Gasteiger partial charge is 0.116 e. The molecule has 132 valence electrons. The van der Waals surface area contributed by atoms with Crippen molar-refractivity contribution in [3.8, 4) is 5.75 Å². The molecule has 0 amide bonds. The SMILES string of the molecule is Oc1cccc(/C=N/N2CCN(Cc3cccc4ccccc34)CC2)c1. The number of hydrazone groups is 1. The summed E-state index contributed by atoms with van der Waals surface area (Å²) in [4.78, 5) is 2.49. The van der Waals surface area contributed by atoms with Gasteiger partial charge in [0.25, 0.3) is 0 Å². The molecular formula is C22H23N3O. The molecule has 26 heavy (non-hydrogen) atoms. The van der Waals surface area contributed by atoms with Crippen molar-refractivity contribution in [2.24, 2.45) is 5.10 Å². The molecule has 0 bridgehead atoms. The van der Waals surface area contributed by atoms with E-state index < -0.39 is 0 Å². The Morgan fingerprint density at radius 2 is 1.65 bits per heavy atom. The molecule has 0 atom stereocenters. The van der Waals surface area contributed by atoms with Crippen LogP contribution in [0.4, 0.5) is 0 Å². The molecule has 0 radical (unpaired) electrons. The van der Waals surface area contributed by atoms with Gasteiger partial charge in [-0.05, 0) is 34.0 Å². The van der Waals surface area contributed by atoms with Crippen molar-refractivity contribution in [3.63, 3.8) is 0 Å². The fourth-order valence-electron chi connectivity index (χ4n) is 3.44. The van der Waals surface area contributed by atoms with Crippen LogP contribution in [0.15, 0.2) is 71.8 Å². The molecule has 1 fully saturated rings. The van der Waals surface area contributed by atoms with Crippen molar-refractivity contribution >= 4 is 17.0 Å². The summed E-state index contributed by atoms with van der Waals surface area (Å²) < 4.78 is 0. The first-order chi connectivity index (χ1) is 12.8. The first kappa shape index (κ1) is 16.6. The molecule has 1 aliphatic rings. The fourth-order valence-corrected chi connectivity index (χ4v) is 3.44. The minimum absolute atomic E-state index is 0.272. The minimum atomic E-state index is 0.272. The van der Waals surface area contributed by atoms with Crippen LogP contribution in [0, 0.1) is 0 Å². The monoisotopic (exact) mass is 345 g/mol. The summed E-state index contributed by atoms with van der Waals surface area (Å²) in [5.74, 6) is 0.272. The molecular weight excluding hydrogens is 322 g/mol. The predicted octanol–water partition coefficient (Wildman–Crippen LogP) is 3.70. The van der Waals surface area contributed by atoms with Gasteiger partial charge in [-0.2, -0.15) is 5.10 Å². The topological polar surface area (TPSA) is 39.1 Å². The first-order valence-electron chi connectivity index (χ1n) is 9.05. The Morgan fingerprint density at radius 1 is 0.885 bits per heavy atom. The Morgan fingerprint density at radius 3 is 2.50 bits per heavy atom. The molecule has 1 saturated heterocycles. The van der Waals surface area contributed by atoms with Crippen LogP contribution in [-0.2, 0) is 6.54 Å². The fraction of sp³-hybridized carbons (Fsp3) is 0.227. The molecule has 4 nitrogen and oxygen atoms in total. The molecule has 0 spiro atoms. The summed E-state index contributed by atoms with van der Waals surface area (Å²) >= 11 is 0. The number of hydrogen-bond acceptors (Lipinski definition) is 4. The lowest BCUT2D eigenvalue weighted by atomic mass is 10.0. The van der Waals surface area contributed by atoms with Gasteiger partial charge in [-0.25, -0.2) is 0 Å². The molecule has 0 saturated carbocycles. The van der Waals surface area contributed by atoms with Gasteiger partial charge in [0.15, 0.2) is 0 Å². The Kier molecular flexibility index (Phi) is 4.84. The molecule has 4 rings (SSSR count). The first-order valence-corrected chi connectivity index (χ1v) is 9.05. The maximum atomic E-state index is 9.52. The van der Waals surface area contributed by atoms with Crippen molar-refractivity contribution in [1.29, 1.82) is 0 Å². The second kappa shape index (κ2) is 7.58. The summed E-state index contributed by atoms with van der Waals surface area (Å²) in [5, 5.41) is 18.8. The molecule has 1 N–H and O–H groups in total. The highest BCUT2D eigenvalue weighted by atomic mass is 16.3. The van der Waals surface area contributed by atoms with Crippen LogP contribution in [0.2, 0.25) is 0 Å². The molecule has 1 heterocycles. The second-order valence-electron chi connectivity index (χ2n) is 6.71. The van der Waals surface area contributed by atoms with E-state index in [9.17, 15) is 5.11 Å². The van der Waals surface area contributed by atoms with E-state index >= 15 is 0 Å². The Labute approximate surface area is 154 Å². The Bertz CT molecular complexity index is 909. The average Bonchev–Trinajstić information content (AvgIpc) is 2.68. The van der Waals surface area contributed by atoms with E-state index in [4.69, 9.17) is 0 Å². The summed E-state index contributed by atoms with van der Waals surface area (Å²) in [6.45, 7) is 4.81. The lowest BCUT2D eigenvalue weighted by Crippen LogP contribution is -2.43. The third-order valence-electron chi connectivity index (χ3n) is 4.86. The number of phenols is 1. The lowest BCUT2D eigenvalue weighted by molar-refractivity contribution is 0.131. The summed E-state index contributed by atoms with van der Waals surface area (Å²) in [6.07, 6.45) is 1.82. The Hall–Kier alpha value is -2.85. The van der Waals surface area contributed by atoms with Gasteiger partial charge in [0.2, 0.25) is 0 Å². The largest absolute Gasteiger partial charge is 0.508 e. The van der Waals surface area contributed by atoms with Crippen molar-refractivity contribution in [2.45, 2.75) is 6.54 Å². The molecule has 4 heteroatoms. The van der Waals surface area contributed by atoms with Crippen molar-refractivity contribution in [3.05, 3.63) is 77.9 Å². The highest BCUT2D eigenvalue weighted by Crippen LogP contribution is 2.20. The van der Waals surface area contributed by atoms with Crippen LogP contribution in [0.25, 0.3) is 10.8 Å². The number of aromatic hydroxyl groups is 1. The number of hydrogen-bond donors (Lipinski definition) is 1. The Balaban J connectivity index is 1.36. The van der Waals surface area contributed by atoms with Crippen LogP contribution >= 0.6 is 0 Å². The number of rotatable bonds is 4. The molecule has 3 aromatic rings. The lowest BCUT2D eigenvalue weighted by Gasteiger charge is -2.33. The van der Waals surface area contributed by atoms with Gasteiger partial charge in [0.05, 0.1) is 6.21 Å². The van der Waals surface area contributed by atoms with Gasteiger partial charge in [-0.3, -0.25) is 9.91 Å². The standard InChI is InChI=1S/C22H23N3O/c26-21-9-3-5-18(15-21)16-23-25-13-11-24(12-14-25)17-20-8-4-7-19-6-1-2-10-22(19)20/h1-10,15-16,26H,11-14,17H2/b23-16+. The molecule has 1 aliphatic heterocycles. The summed E-state index contributed by atoms with van der Waals surface area (Å²) in [5.41, 5.74) is 2.31. The van der Waals surface area contributed by atoms with Crippen molar-refractivity contribution in [1.82, 2.24) is 9.91 Å². The summed E-state index contributed by atoms with van der Waals surface area (Å²) in [6, 6.07) is 22.3. The zero-order valence-electron chi connectivity index (χ0n) is 14.8. The molecule has 0 unspecified atom stereocenters. The third-order valence-corrected chi connectivity index (χ3v) is 4.86. The number of piperazine rings is 1.